The van der Waals surface area contributed by atoms with Crippen LogP contribution < -0.4 is 9.92 Å². The fraction of sp³-hybridized carbons (Fsp3) is 0.182. The highest BCUT2D eigenvalue weighted by Crippen LogP contribution is 2.39. The lowest BCUT2D eigenvalue weighted by Gasteiger charge is -2.09. The summed E-state index contributed by atoms with van der Waals surface area (Å²) in [5.41, 5.74) is 5.82. The zero-order valence-corrected chi connectivity index (χ0v) is 28.1. The van der Waals surface area contributed by atoms with E-state index in [-0.39, 0.29) is 70.3 Å². The average molecular weight is 790 g/mol. The van der Waals surface area contributed by atoms with Crippen LogP contribution in [-0.4, -0.2) is 70.1 Å². The molecule has 0 atom stereocenters. The molecule has 0 bridgehead atoms. The minimum Gasteiger partial charge on any atom is -0.506 e. The molecule has 0 saturated carbocycles. The molecule has 0 aliphatic heterocycles. The molecule has 0 spiro atoms. The Balaban J connectivity index is 1.80. The summed E-state index contributed by atoms with van der Waals surface area (Å²) in [6.07, 6.45) is 0. The van der Waals surface area contributed by atoms with Crippen molar-refractivity contribution >= 4 is 83.2 Å². The number of azo groups is 2. The zero-order valence-electron chi connectivity index (χ0n) is 24.0. The van der Waals surface area contributed by atoms with Gasteiger partial charge in [0.1, 0.15) is 22.8 Å². The molecular weight excluding hydrogens is 767 g/mol. The first kappa shape index (κ1) is 39.9. The Bertz CT molecular complexity index is 1960. The number of hydrogen-bond acceptors (Lipinski definition) is 23. The van der Waals surface area contributed by atoms with Gasteiger partial charge in [0.2, 0.25) is 0 Å². The topological polar surface area (TPSA) is 323 Å². The molecule has 3 aromatic rings. The standard InChI is InChI=1S/C22H23N5O17S5/c23-17-12-21(28)20(13-19(17)26-24-14-1-3-15(4-2-14)47(31,32)9-7-38-45-43-41-29)27-25-18-6-5-16(11-22(18)40-46-44-42-30)48(33,34)10-8-39-49(35,36)37/h1-6,11-13,28-30H,7-10,23H2,(H,35,36,37)/b26-24+,27-25+. The van der Waals surface area contributed by atoms with E-state index in [0.29, 0.717) is 0 Å². The average Bonchev–Trinajstić information content (AvgIpc) is 3.03. The molecule has 3 aromatic carbocycles. The maximum Gasteiger partial charge on any atom is 0.397 e. The molecule has 3 rings (SSSR count). The Morgan fingerprint density at radius 1 is 0.694 bits per heavy atom. The lowest BCUT2D eigenvalue weighted by atomic mass is 10.2. The molecule has 0 aliphatic rings. The Kier molecular flexibility index (Phi) is 15.0. The molecule has 0 radical (unpaired) electrons. The van der Waals surface area contributed by atoms with Gasteiger partial charge in [-0.15, -0.1) is 19.7 Å². The molecular formula is C22H23N5O17S5. The SMILES string of the molecule is Nc1cc(O)c(/N=N/c2ccc(S(=O)(=O)CCOS(=O)(=O)O)cc2OSOOO)cc1/N=N/c1ccc(S(=O)(=O)CCOSOOO)cc1. The highest BCUT2D eigenvalue weighted by molar-refractivity contribution is 7.92. The molecule has 49 heavy (non-hydrogen) atoms. The number of rotatable bonds is 20. The second kappa shape index (κ2) is 18.4. The quantitative estimate of drug-likeness (QED) is 0.0199. The van der Waals surface area contributed by atoms with Crippen LogP contribution in [0.5, 0.6) is 11.5 Å². The van der Waals surface area contributed by atoms with Crippen molar-refractivity contribution in [3.05, 3.63) is 54.6 Å². The summed E-state index contributed by atoms with van der Waals surface area (Å²) < 4.78 is 102. The summed E-state index contributed by atoms with van der Waals surface area (Å²) in [4.78, 5) is -0.442. The molecule has 0 aliphatic carbocycles. The van der Waals surface area contributed by atoms with Crippen molar-refractivity contribution in [3.8, 4) is 11.5 Å². The molecule has 6 N–H and O–H groups in total. The van der Waals surface area contributed by atoms with Crippen LogP contribution >= 0.6 is 24.6 Å². The number of hydrogen-bond donors (Lipinski definition) is 5. The van der Waals surface area contributed by atoms with Crippen LogP contribution in [0.3, 0.4) is 0 Å². The number of phenolic OH excluding ortho intramolecular Hbond substituents is 1. The number of sulfone groups is 2. The van der Waals surface area contributed by atoms with Gasteiger partial charge in [-0.2, -0.15) is 13.5 Å². The second-order valence-electron chi connectivity index (χ2n) is 8.64. The van der Waals surface area contributed by atoms with Crippen LogP contribution in [0.15, 0.2) is 84.8 Å². The largest absolute Gasteiger partial charge is 0.506 e. The van der Waals surface area contributed by atoms with Crippen molar-refractivity contribution in [1.82, 2.24) is 0 Å². The van der Waals surface area contributed by atoms with Crippen molar-refractivity contribution in [3.63, 3.8) is 0 Å². The van der Waals surface area contributed by atoms with Crippen LogP contribution in [0.25, 0.3) is 0 Å². The number of benzene rings is 3. The first-order valence-electron chi connectivity index (χ1n) is 12.5. The van der Waals surface area contributed by atoms with Crippen LogP contribution in [0.4, 0.5) is 28.4 Å². The summed E-state index contributed by atoms with van der Waals surface area (Å²) in [7, 11) is -12.8. The third-order valence-electron chi connectivity index (χ3n) is 5.46. The fourth-order valence-corrected chi connectivity index (χ4v) is 6.45. The van der Waals surface area contributed by atoms with Gasteiger partial charge >= 0.3 is 10.4 Å². The van der Waals surface area contributed by atoms with Gasteiger partial charge in [0.15, 0.2) is 37.7 Å². The fourth-order valence-electron chi connectivity index (χ4n) is 3.28. The van der Waals surface area contributed by atoms with Crippen molar-refractivity contribution in [2.75, 3.05) is 30.5 Å². The van der Waals surface area contributed by atoms with Crippen molar-refractivity contribution in [1.29, 1.82) is 0 Å². The van der Waals surface area contributed by atoms with Crippen molar-refractivity contribution in [2.45, 2.75) is 9.79 Å². The van der Waals surface area contributed by atoms with Crippen LogP contribution in [0.1, 0.15) is 0 Å². The normalized spacial score (nSPS) is 12.6. The van der Waals surface area contributed by atoms with E-state index in [0.717, 1.165) is 24.3 Å². The van der Waals surface area contributed by atoms with Gasteiger partial charge in [-0.25, -0.2) is 31.5 Å². The number of aromatic hydroxyl groups is 1. The van der Waals surface area contributed by atoms with E-state index in [4.69, 9.17) is 29.2 Å². The summed E-state index contributed by atoms with van der Waals surface area (Å²) >= 11 is 0.287. The maximum atomic E-state index is 12.6. The van der Waals surface area contributed by atoms with Crippen molar-refractivity contribution < 1.29 is 76.7 Å². The smallest absolute Gasteiger partial charge is 0.397 e. The van der Waals surface area contributed by atoms with Gasteiger partial charge in [-0.3, -0.25) is 8.74 Å². The molecule has 27 heteroatoms. The number of phenols is 1. The summed E-state index contributed by atoms with van der Waals surface area (Å²) in [6.45, 7) is -1.17. The Labute approximate surface area is 285 Å². The monoisotopic (exact) mass is 789 g/mol. The molecule has 0 fully saturated rings. The van der Waals surface area contributed by atoms with Gasteiger partial charge in [-0.05, 0) is 42.5 Å². The van der Waals surface area contributed by atoms with Gasteiger partial charge in [0.25, 0.3) is 12.3 Å². The second-order valence-corrected chi connectivity index (χ2v) is 14.9. The van der Waals surface area contributed by atoms with E-state index in [2.05, 4.69) is 43.4 Å². The first-order chi connectivity index (χ1) is 23.1. The molecule has 0 heterocycles. The highest BCUT2D eigenvalue weighted by Gasteiger charge is 2.20. The molecule has 0 amide bonds. The first-order valence-corrected chi connectivity index (χ1v) is 18.5. The number of anilines is 1. The van der Waals surface area contributed by atoms with E-state index < -0.39 is 58.8 Å². The number of nitrogen functional groups attached to an aromatic ring is 1. The molecule has 22 nitrogen and oxygen atoms in total. The van der Waals surface area contributed by atoms with E-state index in [1.54, 1.807) is 0 Å². The van der Waals surface area contributed by atoms with E-state index >= 15 is 0 Å². The molecule has 268 valence electrons. The highest BCUT2D eigenvalue weighted by atomic mass is 32.3. The molecule has 0 unspecified atom stereocenters. The summed E-state index contributed by atoms with van der Waals surface area (Å²) in [6, 6.07) is 10.7. The minimum atomic E-state index is -4.88. The molecule has 0 aromatic heterocycles. The zero-order chi connectivity index (χ0) is 36.1. The van der Waals surface area contributed by atoms with Crippen LogP contribution in [0, 0.1) is 0 Å². The Morgan fingerprint density at radius 3 is 1.96 bits per heavy atom. The molecule has 0 saturated heterocycles. The van der Waals surface area contributed by atoms with Crippen molar-refractivity contribution in [2.24, 2.45) is 20.5 Å². The summed E-state index contributed by atoms with van der Waals surface area (Å²) in [5, 5.41) is 49.3. The predicted molar refractivity (Wildman–Crippen MR) is 167 cm³/mol. The lowest BCUT2D eigenvalue weighted by molar-refractivity contribution is -0.434. The summed E-state index contributed by atoms with van der Waals surface area (Å²) in [5.74, 6) is -2.03. The Hall–Kier alpha value is -3.55. The number of nitrogens with zero attached hydrogens (tertiary/aromatic N) is 4. The van der Waals surface area contributed by atoms with Gasteiger partial charge in [0.05, 0.1) is 45.9 Å². The lowest BCUT2D eigenvalue weighted by Crippen LogP contribution is -2.15. The van der Waals surface area contributed by atoms with E-state index in [1.807, 2.05) is 0 Å². The van der Waals surface area contributed by atoms with E-state index in [1.165, 1.54) is 30.3 Å². The minimum absolute atomic E-state index is 0.0150. The maximum absolute atomic E-state index is 12.6. The third-order valence-corrected chi connectivity index (χ3v) is 10.0. The third kappa shape index (κ3) is 13.0. The van der Waals surface area contributed by atoms with Gasteiger partial charge < -0.3 is 15.0 Å². The van der Waals surface area contributed by atoms with Gasteiger partial charge in [0, 0.05) is 12.1 Å². The predicted octanol–water partition coefficient (Wildman–Crippen LogP) is 4.54. The van der Waals surface area contributed by atoms with Crippen LogP contribution in [0.2, 0.25) is 0 Å². The van der Waals surface area contributed by atoms with E-state index in [9.17, 15) is 30.4 Å². The van der Waals surface area contributed by atoms with Gasteiger partial charge in [-0.1, -0.05) is 14.4 Å². The number of nitrogens with two attached hydrogens (primary N) is 1. The Morgan fingerprint density at radius 2 is 1.29 bits per heavy atom. The van der Waals surface area contributed by atoms with Crippen LogP contribution in [-0.2, 0) is 57.2 Å².